The largest absolute Gasteiger partial charge is 0.379 e. The second-order valence-corrected chi connectivity index (χ2v) is 7.59. The topological polar surface area (TPSA) is 46.5 Å². The fraction of sp³-hybridized carbons (Fsp3) is 0.375. The molecule has 5 nitrogen and oxygen atoms in total. The van der Waals surface area contributed by atoms with Gasteiger partial charge < -0.3 is 14.6 Å². The molecule has 5 heteroatoms. The molecule has 152 valence electrons. The van der Waals surface area contributed by atoms with Crippen molar-refractivity contribution >= 4 is 16.8 Å². The number of ether oxygens (including phenoxy) is 1. The van der Waals surface area contributed by atoms with Gasteiger partial charge in [-0.25, -0.2) is 0 Å². The van der Waals surface area contributed by atoms with Crippen molar-refractivity contribution in [2.45, 2.75) is 19.4 Å². The average molecular weight is 392 g/mol. The van der Waals surface area contributed by atoms with Gasteiger partial charge in [-0.2, -0.15) is 0 Å². The summed E-state index contributed by atoms with van der Waals surface area (Å²) in [4.78, 5) is 14.7. The predicted molar refractivity (Wildman–Crippen MR) is 116 cm³/mol. The molecule has 2 aromatic carbocycles. The number of hydrogen-bond acceptors (Lipinski definition) is 3. The van der Waals surface area contributed by atoms with Crippen molar-refractivity contribution < 1.29 is 9.53 Å². The average Bonchev–Trinajstić information content (AvgIpc) is 3.11. The van der Waals surface area contributed by atoms with Crippen molar-refractivity contribution in [1.82, 2.24) is 14.8 Å². The van der Waals surface area contributed by atoms with E-state index in [1.807, 2.05) is 6.07 Å². The van der Waals surface area contributed by atoms with Gasteiger partial charge in [0.25, 0.3) is 0 Å². The summed E-state index contributed by atoms with van der Waals surface area (Å²) in [6.45, 7) is 5.93. The molecule has 4 rings (SSSR count). The van der Waals surface area contributed by atoms with Crippen LogP contribution in [0.25, 0.3) is 10.9 Å². The molecule has 1 fully saturated rings. The number of nitrogens with one attached hydrogen (secondary N) is 1. The molecule has 1 aliphatic heterocycles. The molecule has 1 aromatic heterocycles. The van der Waals surface area contributed by atoms with E-state index in [1.165, 1.54) is 22.0 Å². The SMILES string of the molecule is O=C(CCc1cn(Cc2ccccc2)c2ccccc12)NCCN1CCOCC1. The van der Waals surface area contributed by atoms with E-state index in [0.717, 1.165) is 45.8 Å². The van der Waals surface area contributed by atoms with E-state index >= 15 is 0 Å². The van der Waals surface area contributed by atoms with Gasteiger partial charge in [0.15, 0.2) is 0 Å². The highest BCUT2D eigenvalue weighted by Crippen LogP contribution is 2.23. The third-order valence-electron chi connectivity index (χ3n) is 5.54. The quantitative estimate of drug-likeness (QED) is 0.642. The Balaban J connectivity index is 1.34. The zero-order chi connectivity index (χ0) is 19.9. The monoisotopic (exact) mass is 391 g/mol. The van der Waals surface area contributed by atoms with Crippen molar-refractivity contribution in [2.75, 3.05) is 39.4 Å². The summed E-state index contributed by atoms with van der Waals surface area (Å²) in [5, 5.41) is 4.31. The van der Waals surface area contributed by atoms with Crippen LogP contribution in [0.3, 0.4) is 0 Å². The molecule has 0 radical (unpaired) electrons. The highest BCUT2D eigenvalue weighted by molar-refractivity contribution is 5.85. The normalized spacial score (nSPS) is 14.9. The maximum absolute atomic E-state index is 12.3. The fourth-order valence-corrected chi connectivity index (χ4v) is 3.95. The molecule has 29 heavy (non-hydrogen) atoms. The van der Waals surface area contributed by atoms with Crippen molar-refractivity contribution in [1.29, 1.82) is 0 Å². The van der Waals surface area contributed by atoms with Crippen molar-refractivity contribution in [3.05, 3.63) is 71.9 Å². The summed E-state index contributed by atoms with van der Waals surface area (Å²) in [6, 6.07) is 18.9. The lowest BCUT2D eigenvalue weighted by Crippen LogP contribution is -2.41. The Labute approximate surface area is 172 Å². The van der Waals surface area contributed by atoms with Crippen LogP contribution >= 0.6 is 0 Å². The van der Waals surface area contributed by atoms with Crippen LogP contribution < -0.4 is 5.32 Å². The third-order valence-corrected chi connectivity index (χ3v) is 5.54. The van der Waals surface area contributed by atoms with Crippen molar-refractivity contribution in [3.8, 4) is 0 Å². The lowest BCUT2D eigenvalue weighted by Gasteiger charge is -2.26. The first kappa shape index (κ1) is 19.7. The summed E-state index contributed by atoms with van der Waals surface area (Å²) >= 11 is 0. The molecular weight excluding hydrogens is 362 g/mol. The van der Waals surface area contributed by atoms with E-state index < -0.39 is 0 Å². The van der Waals surface area contributed by atoms with E-state index in [2.05, 4.69) is 69.5 Å². The second kappa shape index (κ2) is 9.72. The number of aryl methyl sites for hydroxylation is 1. The van der Waals surface area contributed by atoms with Crippen LogP contribution in [-0.2, 0) is 22.5 Å². The molecular formula is C24H29N3O2. The predicted octanol–water partition coefficient (Wildman–Crippen LogP) is 3.07. The molecule has 2 heterocycles. The number of amides is 1. The fourth-order valence-electron chi connectivity index (χ4n) is 3.95. The van der Waals surface area contributed by atoms with Crippen LogP contribution in [0.1, 0.15) is 17.5 Å². The first-order valence-corrected chi connectivity index (χ1v) is 10.5. The number of nitrogens with zero attached hydrogens (tertiary/aromatic N) is 2. The number of carbonyl (C=O) groups excluding carboxylic acids is 1. The van der Waals surface area contributed by atoms with Gasteiger partial charge in [-0.3, -0.25) is 9.69 Å². The highest BCUT2D eigenvalue weighted by atomic mass is 16.5. The summed E-state index contributed by atoms with van der Waals surface area (Å²) in [5.41, 5.74) is 3.74. The summed E-state index contributed by atoms with van der Waals surface area (Å²) < 4.78 is 7.65. The minimum Gasteiger partial charge on any atom is -0.379 e. The Bertz CT molecular complexity index is 930. The summed E-state index contributed by atoms with van der Waals surface area (Å²) in [7, 11) is 0. The standard InChI is InChI=1S/C24H29N3O2/c28-24(25-12-13-26-14-16-29-17-15-26)11-10-21-19-27(18-20-6-2-1-3-7-20)23-9-5-4-8-22(21)23/h1-9,19H,10-18H2,(H,25,28). The van der Waals surface area contributed by atoms with E-state index in [1.54, 1.807) is 0 Å². The zero-order valence-electron chi connectivity index (χ0n) is 16.8. The number of benzene rings is 2. The number of morpholine rings is 1. The molecule has 0 aliphatic carbocycles. The van der Waals surface area contributed by atoms with Crippen LogP contribution in [0.2, 0.25) is 0 Å². The van der Waals surface area contributed by atoms with Crippen LogP contribution in [0.4, 0.5) is 0 Å². The molecule has 3 aromatic rings. The van der Waals surface area contributed by atoms with Crippen molar-refractivity contribution in [3.63, 3.8) is 0 Å². The van der Waals surface area contributed by atoms with Gasteiger partial charge in [0.05, 0.1) is 13.2 Å². The Morgan fingerprint density at radius 3 is 2.59 bits per heavy atom. The number of hydrogen-bond donors (Lipinski definition) is 1. The molecule has 0 atom stereocenters. The molecule has 1 amide bonds. The molecule has 1 saturated heterocycles. The maximum Gasteiger partial charge on any atom is 0.220 e. The summed E-state index contributed by atoms with van der Waals surface area (Å²) in [5.74, 6) is 0.123. The molecule has 0 unspecified atom stereocenters. The van der Waals surface area contributed by atoms with Gasteiger partial charge in [0.1, 0.15) is 0 Å². The van der Waals surface area contributed by atoms with Gasteiger partial charge in [-0.15, -0.1) is 0 Å². The van der Waals surface area contributed by atoms with Gasteiger partial charge in [-0.05, 0) is 23.6 Å². The third kappa shape index (κ3) is 5.25. The van der Waals surface area contributed by atoms with Crippen LogP contribution in [0, 0.1) is 0 Å². The smallest absolute Gasteiger partial charge is 0.220 e. The molecule has 1 aliphatic rings. The molecule has 1 N–H and O–H groups in total. The Morgan fingerprint density at radius 2 is 1.76 bits per heavy atom. The van der Waals surface area contributed by atoms with Crippen LogP contribution in [0.15, 0.2) is 60.8 Å². The lowest BCUT2D eigenvalue weighted by molar-refractivity contribution is -0.121. The zero-order valence-corrected chi connectivity index (χ0v) is 16.8. The Hall–Kier alpha value is -2.63. The highest BCUT2D eigenvalue weighted by Gasteiger charge is 2.12. The molecule has 0 saturated carbocycles. The number of para-hydroxylation sites is 1. The van der Waals surface area contributed by atoms with Gasteiger partial charge in [-0.1, -0.05) is 48.5 Å². The summed E-state index contributed by atoms with van der Waals surface area (Å²) in [6.07, 6.45) is 3.48. The minimum absolute atomic E-state index is 0.123. The maximum atomic E-state index is 12.3. The number of fused-ring (bicyclic) bond motifs is 1. The van der Waals surface area contributed by atoms with E-state index in [-0.39, 0.29) is 5.91 Å². The van der Waals surface area contributed by atoms with Crippen LogP contribution in [-0.4, -0.2) is 54.8 Å². The van der Waals surface area contributed by atoms with Gasteiger partial charge in [0, 0.05) is 56.2 Å². The number of carbonyl (C=O) groups is 1. The van der Waals surface area contributed by atoms with Crippen LogP contribution in [0.5, 0.6) is 0 Å². The first-order valence-electron chi connectivity index (χ1n) is 10.5. The second-order valence-electron chi connectivity index (χ2n) is 7.59. The minimum atomic E-state index is 0.123. The Morgan fingerprint density at radius 1 is 1.00 bits per heavy atom. The molecule has 0 spiro atoms. The van der Waals surface area contributed by atoms with E-state index in [4.69, 9.17) is 4.74 Å². The Kier molecular flexibility index (Phi) is 6.60. The van der Waals surface area contributed by atoms with Gasteiger partial charge in [0.2, 0.25) is 5.91 Å². The van der Waals surface area contributed by atoms with E-state index in [0.29, 0.717) is 13.0 Å². The first-order chi connectivity index (χ1) is 14.3. The molecule has 0 bridgehead atoms. The van der Waals surface area contributed by atoms with Crippen molar-refractivity contribution in [2.24, 2.45) is 0 Å². The number of rotatable bonds is 8. The van der Waals surface area contributed by atoms with E-state index in [9.17, 15) is 4.79 Å². The lowest BCUT2D eigenvalue weighted by atomic mass is 10.1. The van der Waals surface area contributed by atoms with Gasteiger partial charge >= 0.3 is 0 Å². The number of aromatic nitrogens is 1.